The maximum Gasteiger partial charge on any atom is 0.148 e. The number of nitrogens with zero attached hydrogens (tertiary/aromatic N) is 1. The first-order valence-electron chi connectivity index (χ1n) is 4.94. The zero-order valence-corrected chi connectivity index (χ0v) is 9.39. The minimum absolute atomic E-state index is 0.221. The van der Waals surface area contributed by atoms with Crippen LogP contribution in [-0.2, 0) is 0 Å². The summed E-state index contributed by atoms with van der Waals surface area (Å²) in [6.07, 6.45) is 0. The van der Waals surface area contributed by atoms with Crippen LogP contribution in [0.5, 0.6) is 0 Å². The van der Waals surface area contributed by atoms with Gasteiger partial charge in [-0.05, 0) is 18.2 Å². The van der Waals surface area contributed by atoms with Crippen molar-refractivity contribution < 1.29 is 4.39 Å². The van der Waals surface area contributed by atoms with Gasteiger partial charge in [-0.3, -0.25) is 0 Å². The molecule has 0 amide bonds. The van der Waals surface area contributed by atoms with Crippen LogP contribution < -0.4 is 10.6 Å². The lowest BCUT2D eigenvalue weighted by Crippen LogP contribution is -2.34. The van der Waals surface area contributed by atoms with Crippen LogP contribution in [0.4, 0.5) is 15.8 Å². The van der Waals surface area contributed by atoms with E-state index in [1.54, 1.807) is 12.1 Å². The Hall–Kier alpha value is -1.03. The van der Waals surface area contributed by atoms with Gasteiger partial charge in [0.05, 0.1) is 5.69 Å². The first-order valence-corrected chi connectivity index (χ1v) is 6.67. The van der Waals surface area contributed by atoms with Crippen LogP contribution in [-0.4, -0.2) is 30.5 Å². The van der Waals surface area contributed by atoms with Crippen LogP contribution in [0.25, 0.3) is 0 Å². The molecule has 1 aromatic rings. The summed E-state index contributed by atoms with van der Waals surface area (Å²) in [5, 5.41) is 0. The van der Waals surface area contributed by atoms with Crippen LogP contribution >= 0.6 is 10.5 Å². The van der Waals surface area contributed by atoms with Gasteiger partial charge in [-0.1, -0.05) is 5.87 Å². The van der Waals surface area contributed by atoms with Gasteiger partial charge in [0.2, 0.25) is 0 Å². The topological polar surface area (TPSA) is 29.3 Å². The van der Waals surface area contributed by atoms with Gasteiger partial charge in [0.25, 0.3) is 0 Å². The van der Waals surface area contributed by atoms with Crippen molar-refractivity contribution in [1.29, 1.82) is 0 Å². The molecular formula is C11H15FN2S. The van der Waals surface area contributed by atoms with Crippen molar-refractivity contribution in [2.45, 2.75) is 0 Å². The average Bonchev–Trinajstić information content (AvgIpc) is 2.20. The minimum atomic E-state index is -0.221. The number of rotatable bonds is 1. The molecular weight excluding hydrogens is 211 g/mol. The molecule has 1 aliphatic heterocycles. The Balaban J connectivity index is 2.19. The van der Waals surface area contributed by atoms with E-state index in [-0.39, 0.29) is 16.3 Å². The standard InChI is InChI=1S/C11H15FN2S/c1-15-6-4-14(5-7-15)11-3-2-9(13)8-10(11)12/h2-3,8H,1,4-7,13H2. The number of nitrogen functional groups attached to an aromatic ring is 1. The summed E-state index contributed by atoms with van der Waals surface area (Å²) in [6, 6.07) is 4.89. The van der Waals surface area contributed by atoms with Crippen molar-refractivity contribution in [3.63, 3.8) is 0 Å². The minimum Gasteiger partial charge on any atom is -0.399 e. The van der Waals surface area contributed by atoms with E-state index in [9.17, 15) is 4.39 Å². The van der Waals surface area contributed by atoms with E-state index in [1.807, 2.05) is 0 Å². The quantitative estimate of drug-likeness (QED) is 0.585. The fourth-order valence-corrected chi connectivity index (χ4v) is 2.87. The zero-order valence-electron chi connectivity index (χ0n) is 8.58. The van der Waals surface area contributed by atoms with Crippen molar-refractivity contribution in [2.75, 3.05) is 35.2 Å². The average molecular weight is 226 g/mol. The molecule has 0 aromatic heterocycles. The van der Waals surface area contributed by atoms with Crippen LogP contribution in [0.15, 0.2) is 18.2 Å². The van der Waals surface area contributed by atoms with Gasteiger partial charge < -0.3 is 10.6 Å². The van der Waals surface area contributed by atoms with Gasteiger partial charge in [-0.25, -0.2) is 4.39 Å². The number of nitrogens with two attached hydrogens (primary N) is 1. The fraction of sp³-hybridized carbons (Fsp3) is 0.364. The van der Waals surface area contributed by atoms with Gasteiger partial charge in [0.1, 0.15) is 5.82 Å². The highest BCUT2D eigenvalue weighted by atomic mass is 32.2. The van der Waals surface area contributed by atoms with E-state index in [0.717, 1.165) is 24.6 Å². The third-order valence-corrected chi connectivity index (χ3v) is 4.13. The first kappa shape index (κ1) is 10.5. The summed E-state index contributed by atoms with van der Waals surface area (Å²) in [6.45, 7) is 1.79. The molecule has 2 nitrogen and oxygen atoms in total. The summed E-state index contributed by atoms with van der Waals surface area (Å²) >= 11 is 0. The van der Waals surface area contributed by atoms with Gasteiger partial charge >= 0.3 is 0 Å². The lowest BCUT2D eigenvalue weighted by Gasteiger charge is -2.30. The van der Waals surface area contributed by atoms with E-state index in [0.29, 0.717) is 11.4 Å². The van der Waals surface area contributed by atoms with Crippen LogP contribution in [0.1, 0.15) is 0 Å². The zero-order chi connectivity index (χ0) is 10.8. The predicted octanol–water partition coefficient (Wildman–Crippen LogP) is 1.93. The molecule has 1 fully saturated rings. The molecule has 1 aromatic carbocycles. The maximum atomic E-state index is 13.6. The van der Waals surface area contributed by atoms with Gasteiger partial charge in [0.15, 0.2) is 0 Å². The molecule has 82 valence electrons. The Morgan fingerprint density at radius 2 is 2.00 bits per heavy atom. The lowest BCUT2D eigenvalue weighted by atomic mass is 10.2. The summed E-state index contributed by atoms with van der Waals surface area (Å²) in [7, 11) is 0.266. The van der Waals surface area contributed by atoms with Crippen molar-refractivity contribution in [2.24, 2.45) is 0 Å². The number of halogens is 1. The van der Waals surface area contributed by atoms with Crippen molar-refractivity contribution in [1.82, 2.24) is 0 Å². The van der Waals surface area contributed by atoms with E-state index < -0.39 is 0 Å². The molecule has 1 heterocycles. The predicted molar refractivity (Wildman–Crippen MR) is 67.5 cm³/mol. The van der Waals surface area contributed by atoms with E-state index in [4.69, 9.17) is 5.73 Å². The molecule has 2 N–H and O–H groups in total. The maximum absolute atomic E-state index is 13.6. The normalized spacial score (nSPS) is 18.1. The van der Waals surface area contributed by atoms with Crippen LogP contribution in [0.3, 0.4) is 0 Å². The summed E-state index contributed by atoms with van der Waals surface area (Å²) < 4.78 is 13.6. The molecule has 1 saturated heterocycles. The van der Waals surface area contributed by atoms with Crippen LogP contribution in [0.2, 0.25) is 0 Å². The summed E-state index contributed by atoms with van der Waals surface area (Å²) in [5.74, 6) is 5.95. The first-order chi connectivity index (χ1) is 7.16. The lowest BCUT2D eigenvalue weighted by molar-refractivity contribution is 0.620. The second-order valence-corrected chi connectivity index (χ2v) is 5.76. The second kappa shape index (κ2) is 4.23. The highest BCUT2D eigenvalue weighted by molar-refractivity contribution is 8.14. The number of hydrogen-bond donors (Lipinski definition) is 1. The SMILES string of the molecule is C=S1CCN(c2ccc(N)cc2F)CC1. The van der Waals surface area contributed by atoms with Crippen molar-refractivity contribution in [3.8, 4) is 0 Å². The Morgan fingerprint density at radius 1 is 1.33 bits per heavy atom. The van der Waals surface area contributed by atoms with Gasteiger partial charge in [-0.15, -0.1) is 0 Å². The van der Waals surface area contributed by atoms with Gasteiger partial charge in [-0.2, -0.15) is 10.5 Å². The van der Waals surface area contributed by atoms with Crippen molar-refractivity contribution >= 4 is 27.7 Å². The molecule has 0 atom stereocenters. The molecule has 0 spiro atoms. The number of anilines is 2. The monoisotopic (exact) mass is 226 g/mol. The van der Waals surface area contributed by atoms with Gasteiger partial charge in [0, 0.05) is 30.3 Å². The molecule has 2 rings (SSSR count). The highest BCUT2D eigenvalue weighted by Gasteiger charge is 2.15. The Kier molecular flexibility index (Phi) is 2.95. The van der Waals surface area contributed by atoms with Crippen LogP contribution in [0, 0.1) is 5.82 Å². The fourth-order valence-electron chi connectivity index (χ4n) is 1.71. The third kappa shape index (κ3) is 2.31. The van der Waals surface area contributed by atoms with E-state index >= 15 is 0 Å². The largest absolute Gasteiger partial charge is 0.399 e. The molecule has 1 aliphatic rings. The number of benzene rings is 1. The van der Waals surface area contributed by atoms with Crippen molar-refractivity contribution in [3.05, 3.63) is 24.0 Å². The van der Waals surface area contributed by atoms with E-state index in [1.165, 1.54) is 6.07 Å². The summed E-state index contributed by atoms with van der Waals surface area (Å²) in [5.41, 5.74) is 6.66. The molecule has 0 bridgehead atoms. The molecule has 0 aliphatic carbocycles. The molecule has 0 radical (unpaired) electrons. The third-order valence-electron chi connectivity index (χ3n) is 2.61. The van der Waals surface area contributed by atoms with E-state index in [2.05, 4.69) is 10.8 Å². The Bertz CT molecular complexity index is 382. The molecule has 15 heavy (non-hydrogen) atoms. The molecule has 4 heteroatoms. The summed E-state index contributed by atoms with van der Waals surface area (Å²) in [4.78, 5) is 2.07. The molecule has 0 unspecified atom stereocenters. The highest BCUT2D eigenvalue weighted by Crippen LogP contribution is 2.25. The molecule has 0 saturated carbocycles. The Morgan fingerprint density at radius 3 is 2.60 bits per heavy atom. The Labute approximate surface area is 91.8 Å². The smallest absolute Gasteiger partial charge is 0.148 e. The second-order valence-electron chi connectivity index (χ2n) is 3.72. The number of hydrogen-bond acceptors (Lipinski definition) is 2.